The molecular weight excluding hydrogens is 361 g/mol. The van der Waals surface area contributed by atoms with Gasteiger partial charge in [-0.3, -0.25) is 4.90 Å². The second kappa shape index (κ2) is 8.22. The minimum atomic E-state index is -0.307. The third kappa shape index (κ3) is 4.55. The highest BCUT2D eigenvalue weighted by Gasteiger charge is 2.16. The number of benzene rings is 2. The lowest BCUT2D eigenvalue weighted by Crippen LogP contribution is -2.28. The molecule has 6 nitrogen and oxygen atoms in total. The van der Waals surface area contributed by atoms with E-state index in [4.69, 9.17) is 9.26 Å². The lowest BCUT2D eigenvalue weighted by Gasteiger charge is -2.25. The topological polar surface area (TPSA) is 71.6 Å². The van der Waals surface area contributed by atoms with Gasteiger partial charge in [-0.05, 0) is 54.0 Å². The van der Waals surface area contributed by atoms with E-state index in [1.165, 1.54) is 17.7 Å². The Morgan fingerprint density at radius 2 is 1.89 bits per heavy atom. The second-order valence-corrected chi connectivity index (χ2v) is 6.61. The monoisotopic (exact) mass is 381 g/mol. The van der Waals surface area contributed by atoms with Crippen LogP contribution < -0.4 is 4.74 Å². The van der Waals surface area contributed by atoms with E-state index in [9.17, 15) is 9.50 Å². The highest BCUT2D eigenvalue weighted by Crippen LogP contribution is 2.24. The number of hydrogen-bond donors (Lipinski definition) is 1. The van der Waals surface area contributed by atoms with E-state index in [-0.39, 0.29) is 18.2 Å². The number of hydrogen-bond acceptors (Lipinski definition) is 6. The fourth-order valence-corrected chi connectivity index (χ4v) is 3.08. The van der Waals surface area contributed by atoms with Crippen molar-refractivity contribution in [2.75, 3.05) is 13.1 Å². The van der Waals surface area contributed by atoms with E-state index in [1.807, 2.05) is 12.1 Å². The standard InChI is InChI=1S/C21H20FN3O3/c22-17-3-7-19(8-4-17)27-14-20-23-21(28-24-20)13-25-11-9-16(10-12-25)15-1-5-18(26)6-2-15/h1-9,26H,10-14H2. The summed E-state index contributed by atoms with van der Waals surface area (Å²) in [6.45, 7) is 2.42. The quantitative estimate of drug-likeness (QED) is 0.701. The summed E-state index contributed by atoms with van der Waals surface area (Å²) in [6.07, 6.45) is 3.10. The number of rotatable bonds is 6. The van der Waals surface area contributed by atoms with E-state index in [2.05, 4.69) is 21.1 Å². The maximum atomic E-state index is 12.9. The van der Waals surface area contributed by atoms with Crippen molar-refractivity contribution in [3.8, 4) is 11.5 Å². The molecule has 0 radical (unpaired) electrons. The van der Waals surface area contributed by atoms with Crippen LogP contribution in [-0.4, -0.2) is 33.2 Å². The van der Waals surface area contributed by atoms with Gasteiger partial charge in [0.1, 0.15) is 17.3 Å². The Labute approximate surface area is 161 Å². The summed E-state index contributed by atoms with van der Waals surface area (Å²) in [5.41, 5.74) is 2.41. The first-order valence-corrected chi connectivity index (χ1v) is 9.06. The molecule has 0 fully saturated rings. The second-order valence-electron chi connectivity index (χ2n) is 6.61. The highest BCUT2D eigenvalue weighted by molar-refractivity contribution is 5.67. The molecule has 7 heteroatoms. The maximum Gasteiger partial charge on any atom is 0.240 e. The van der Waals surface area contributed by atoms with Crippen LogP contribution >= 0.6 is 0 Å². The van der Waals surface area contributed by atoms with Crippen molar-refractivity contribution in [2.24, 2.45) is 0 Å². The fourth-order valence-electron chi connectivity index (χ4n) is 3.08. The van der Waals surface area contributed by atoms with E-state index in [0.717, 1.165) is 25.1 Å². The predicted molar refractivity (Wildman–Crippen MR) is 101 cm³/mol. The van der Waals surface area contributed by atoms with Crippen molar-refractivity contribution in [3.05, 3.63) is 77.7 Å². The zero-order chi connectivity index (χ0) is 19.3. The highest BCUT2D eigenvalue weighted by atomic mass is 19.1. The molecule has 144 valence electrons. The van der Waals surface area contributed by atoms with Gasteiger partial charge in [-0.15, -0.1) is 0 Å². The summed E-state index contributed by atoms with van der Waals surface area (Å²) in [5, 5.41) is 13.3. The maximum absolute atomic E-state index is 12.9. The number of halogens is 1. The smallest absolute Gasteiger partial charge is 0.240 e. The third-order valence-electron chi connectivity index (χ3n) is 4.58. The molecule has 0 amide bonds. The van der Waals surface area contributed by atoms with Crippen molar-refractivity contribution in [1.82, 2.24) is 15.0 Å². The number of phenolic OH excluding ortho intramolecular Hbond substituents is 1. The van der Waals surface area contributed by atoms with E-state index in [0.29, 0.717) is 24.0 Å². The summed E-state index contributed by atoms with van der Waals surface area (Å²) in [5.74, 6) is 1.52. The first-order valence-electron chi connectivity index (χ1n) is 9.06. The van der Waals surface area contributed by atoms with Crippen molar-refractivity contribution in [3.63, 3.8) is 0 Å². The fraction of sp³-hybridized carbons (Fsp3) is 0.238. The number of phenols is 1. The molecule has 28 heavy (non-hydrogen) atoms. The Balaban J connectivity index is 1.29. The molecule has 0 aliphatic carbocycles. The summed E-state index contributed by atoms with van der Waals surface area (Å²) in [4.78, 5) is 6.58. The Kier molecular flexibility index (Phi) is 5.34. The minimum absolute atomic E-state index is 0.167. The normalized spacial score (nSPS) is 14.7. The van der Waals surface area contributed by atoms with Gasteiger partial charge < -0.3 is 14.4 Å². The number of ether oxygens (including phenoxy) is 1. The average Bonchev–Trinajstić information content (AvgIpc) is 3.16. The molecule has 0 saturated carbocycles. The van der Waals surface area contributed by atoms with Crippen LogP contribution in [0.15, 0.2) is 59.1 Å². The van der Waals surface area contributed by atoms with Crippen LogP contribution in [0.1, 0.15) is 23.7 Å². The largest absolute Gasteiger partial charge is 0.508 e. The van der Waals surface area contributed by atoms with Crippen molar-refractivity contribution < 1.29 is 18.8 Å². The molecule has 0 unspecified atom stereocenters. The lowest BCUT2D eigenvalue weighted by atomic mass is 9.99. The van der Waals surface area contributed by atoms with E-state index >= 15 is 0 Å². The molecule has 2 heterocycles. The van der Waals surface area contributed by atoms with Gasteiger partial charge in [0.25, 0.3) is 0 Å². The first-order chi connectivity index (χ1) is 13.7. The van der Waals surface area contributed by atoms with Gasteiger partial charge in [-0.2, -0.15) is 4.98 Å². The summed E-state index contributed by atoms with van der Waals surface area (Å²) in [6, 6.07) is 13.1. The van der Waals surface area contributed by atoms with Crippen molar-refractivity contribution in [2.45, 2.75) is 19.6 Å². The van der Waals surface area contributed by atoms with Crippen LogP contribution in [0.3, 0.4) is 0 Å². The number of nitrogens with zero attached hydrogens (tertiary/aromatic N) is 3. The van der Waals surface area contributed by atoms with Crippen LogP contribution in [0.5, 0.6) is 11.5 Å². The van der Waals surface area contributed by atoms with Gasteiger partial charge in [0, 0.05) is 13.1 Å². The van der Waals surface area contributed by atoms with Gasteiger partial charge in [0.15, 0.2) is 6.61 Å². The number of aromatic nitrogens is 2. The molecule has 1 aromatic heterocycles. The lowest BCUT2D eigenvalue weighted by molar-refractivity contribution is 0.243. The van der Waals surface area contributed by atoms with Crippen molar-refractivity contribution >= 4 is 5.57 Å². The molecule has 0 atom stereocenters. The third-order valence-corrected chi connectivity index (χ3v) is 4.58. The van der Waals surface area contributed by atoms with Gasteiger partial charge >= 0.3 is 0 Å². The molecule has 0 bridgehead atoms. The molecule has 1 N–H and O–H groups in total. The zero-order valence-corrected chi connectivity index (χ0v) is 15.2. The molecule has 1 aliphatic heterocycles. The van der Waals surface area contributed by atoms with Crippen molar-refractivity contribution in [1.29, 1.82) is 0 Å². The molecule has 0 saturated heterocycles. The molecule has 3 aromatic rings. The predicted octanol–water partition coefficient (Wildman–Crippen LogP) is 3.78. The minimum Gasteiger partial charge on any atom is -0.508 e. The van der Waals surface area contributed by atoms with Gasteiger partial charge in [-0.25, -0.2) is 4.39 Å². The first kappa shape index (κ1) is 18.2. The van der Waals surface area contributed by atoms with E-state index < -0.39 is 0 Å². The van der Waals surface area contributed by atoms with Crippen LogP contribution in [-0.2, 0) is 13.2 Å². The van der Waals surface area contributed by atoms with Gasteiger partial charge in [0.2, 0.25) is 11.7 Å². The SMILES string of the molecule is Oc1ccc(C2=CCN(Cc3nc(COc4ccc(F)cc4)no3)CC2)cc1. The Morgan fingerprint density at radius 3 is 2.61 bits per heavy atom. The Morgan fingerprint density at radius 1 is 1.11 bits per heavy atom. The zero-order valence-electron chi connectivity index (χ0n) is 15.2. The molecule has 2 aromatic carbocycles. The van der Waals surface area contributed by atoms with Crippen LogP contribution in [0.4, 0.5) is 4.39 Å². The summed E-state index contributed by atoms with van der Waals surface area (Å²) < 4.78 is 23.7. The molecule has 1 aliphatic rings. The molecule has 4 rings (SSSR count). The van der Waals surface area contributed by atoms with Gasteiger partial charge in [0.05, 0.1) is 6.54 Å². The van der Waals surface area contributed by atoms with E-state index in [1.54, 1.807) is 24.3 Å². The Bertz CT molecular complexity index is 952. The van der Waals surface area contributed by atoms with Gasteiger partial charge in [-0.1, -0.05) is 23.4 Å². The average molecular weight is 381 g/mol. The molecule has 0 spiro atoms. The van der Waals surface area contributed by atoms with Crippen LogP contribution in [0.2, 0.25) is 0 Å². The summed E-state index contributed by atoms with van der Waals surface area (Å²) in [7, 11) is 0. The molecular formula is C21H20FN3O3. The summed E-state index contributed by atoms with van der Waals surface area (Å²) >= 11 is 0. The van der Waals surface area contributed by atoms with Crippen LogP contribution in [0, 0.1) is 5.82 Å². The van der Waals surface area contributed by atoms with Crippen LogP contribution in [0.25, 0.3) is 5.57 Å². The Hall–Kier alpha value is -3.19. The number of aromatic hydroxyl groups is 1.